The minimum absolute atomic E-state index is 0. The first-order valence-corrected chi connectivity index (χ1v) is 3.84. The summed E-state index contributed by atoms with van der Waals surface area (Å²) in [5, 5.41) is 0. The Kier molecular flexibility index (Phi) is 6.59. The number of rotatable bonds is 1. The molecule has 0 fully saturated rings. The zero-order valence-electron chi connectivity index (χ0n) is 6.80. The van der Waals surface area contributed by atoms with Gasteiger partial charge in [0.05, 0.1) is 7.11 Å². The van der Waals surface area contributed by atoms with Crippen molar-refractivity contribution in [2.24, 2.45) is 0 Å². The monoisotopic (exact) mass is 331 g/mol. The molecule has 1 aliphatic rings. The molecule has 0 saturated carbocycles. The summed E-state index contributed by atoms with van der Waals surface area (Å²) in [6.07, 6.45) is 11.3. The van der Waals surface area contributed by atoms with Crippen molar-refractivity contribution in [1.82, 2.24) is 0 Å². The van der Waals surface area contributed by atoms with E-state index in [4.69, 9.17) is 4.74 Å². The maximum absolute atomic E-state index is 5.10. The van der Waals surface area contributed by atoms with E-state index in [1.165, 1.54) is 19.3 Å². The zero-order valence-corrected chi connectivity index (χ0v) is 9.20. The number of hydrogen-bond donors (Lipinski definition) is 0. The van der Waals surface area contributed by atoms with E-state index in [0.717, 1.165) is 12.2 Å². The largest absolute Gasteiger partial charge is 0.497 e. The number of ether oxygens (including phenoxy) is 1. The van der Waals surface area contributed by atoms with Crippen LogP contribution in [-0.2, 0) is 24.8 Å². The Balaban J connectivity index is 0.000001000. The summed E-state index contributed by atoms with van der Waals surface area (Å²) in [5.41, 5.74) is 0. The molecule has 11 heavy (non-hydrogen) atoms. The molecule has 0 aromatic heterocycles. The van der Waals surface area contributed by atoms with Crippen LogP contribution in [-0.4, -0.2) is 7.11 Å². The van der Waals surface area contributed by atoms with Crippen LogP contribution in [0.1, 0.15) is 25.7 Å². The molecule has 1 aliphatic carbocycles. The third kappa shape index (κ3) is 4.39. The van der Waals surface area contributed by atoms with Crippen LogP contribution in [0.3, 0.4) is 0 Å². The predicted molar refractivity (Wildman–Crippen MR) is 42.7 cm³/mol. The third-order valence-electron chi connectivity index (χ3n) is 1.69. The van der Waals surface area contributed by atoms with E-state index in [0.29, 0.717) is 0 Å². The second-order valence-corrected chi connectivity index (χ2v) is 2.50. The molecule has 1 nitrogen and oxygen atoms in total. The summed E-state index contributed by atoms with van der Waals surface area (Å²) in [6, 6.07) is 0. The van der Waals surface area contributed by atoms with Gasteiger partial charge >= 0.3 is 0 Å². The Morgan fingerprint density at radius 2 is 2.00 bits per heavy atom. The molecule has 1 rings (SSSR count). The fourth-order valence-corrected chi connectivity index (χ4v) is 1.07. The fourth-order valence-electron chi connectivity index (χ4n) is 1.07. The number of hydrogen-bond acceptors (Lipinski definition) is 1. The molecule has 0 aliphatic heterocycles. The van der Waals surface area contributed by atoms with Crippen LogP contribution in [0.25, 0.3) is 0 Å². The molecule has 0 aromatic rings. The Bertz CT molecular complexity index is 150. The van der Waals surface area contributed by atoms with Gasteiger partial charge < -0.3 is 4.74 Å². The van der Waals surface area contributed by atoms with Gasteiger partial charge in [-0.3, -0.25) is 0 Å². The Morgan fingerprint density at radius 3 is 2.73 bits per heavy atom. The van der Waals surface area contributed by atoms with Crippen LogP contribution in [0.5, 0.6) is 0 Å². The first-order chi connectivity index (χ1) is 4.93. The van der Waals surface area contributed by atoms with Crippen molar-refractivity contribution < 1.29 is 24.8 Å². The van der Waals surface area contributed by atoms with E-state index in [2.05, 4.69) is 18.2 Å². The van der Waals surface area contributed by atoms with Gasteiger partial charge in [0.25, 0.3) is 0 Å². The van der Waals surface area contributed by atoms with Crippen molar-refractivity contribution >= 4 is 0 Å². The molecule has 0 aromatic carbocycles. The number of methoxy groups -OCH3 is 1. The van der Waals surface area contributed by atoms with Crippen molar-refractivity contribution in [2.45, 2.75) is 25.7 Å². The molecule has 1 radical (unpaired) electrons. The Morgan fingerprint density at radius 1 is 1.27 bits per heavy atom. The van der Waals surface area contributed by atoms with E-state index in [1.807, 2.05) is 0 Å². The van der Waals surface area contributed by atoms with E-state index < -0.39 is 0 Å². The average molecular weight is 330 g/mol. The molecule has 0 bridgehead atoms. The molecule has 0 atom stereocenters. The number of allylic oxidation sites excluding steroid dienone is 3. The topological polar surface area (TPSA) is 9.23 Å². The van der Waals surface area contributed by atoms with Crippen LogP contribution >= 0.6 is 0 Å². The van der Waals surface area contributed by atoms with Crippen molar-refractivity contribution in [3.8, 4) is 0 Å². The summed E-state index contributed by atoms with van der Waals surface area (Å²) in [6.45, 7) is 0. The van der Waals surface area contributed by atoms with Crippen LogP contribution < -0.4 is 0 Å². The first kappa shape index (κ1) is 10.9. The Labute approximate surface area is 81.9 Å². The van der Waals surface area contributed by atoms with Crippen LogP contribution in [0, 0.1) is 0 Å². The summed E-state index contributed by atoms with van der Waals surface area (Å²) in [4.78, 5) is 0. The SMILES string of the molecule is COC1=CCCCCC=C1.[Ir]. The van der Waals surface area contributed by atoms with Gasteiger partial charge in [-0.1, -0.05) is 6.08 Å². The second-order valence-electron chi connectivity index (χ2n) is 2.50. The van der Waals surface area contributed by atoms with Gasteiger partial charge in [-0.2, -0.15) is 0 Å². The molecular weight excluding hydrogens is 316 g/mol. The van der Waals surface area contributed by atoms with Gasteiger partial charge in [0.15, 0.2) is 0 Å². The van der Waals surface area contributed by atoms with Gasteiger partial charge in [0.1, 0.15) is 5.76 Å². The maximum atomic E-state index is 5.10. The normalized spacial score (nSPS) is 17.4. The van der Waals surface area contributed by atoms with Crippen LogP contribution in [0.2, 0.25) is 0 Å². The molecule has 0 heterocycles. The minimum atomic E-state index is 0. The summed E-state index contributed by atoms with van der Waals surface area (Å²) in [5.74, 6) is 1.01. The van der Waals surface area contributed by atoms with E-state index in [-0.39, 0.29) is 20.1 Å². The molecule has 0 N–H and O–H groups in total. The van der Waals surface area contributed by atoms with Crippen molar-refractivity contribution in [3.05, 3.63) is 24.0 Å². The van der Waals surface area contributed by atoms with Gasteiger partial charge in [0.2, 0.25) is 0 Å². The Hall–Kier alpha value is -0.0706. The quantitative estimate of drug-likeness (QED) is 0.718. The van der Waals surface area contributed by atoms with Crippen LogP contribution in [0.15, 0.2) is 24.0 Å². The molecular formula is C9H14IrO. The predicted octanol–water partition coefficient (Wildman–Crippen LogP) is 2.64. The second kappa shape index (κ2) is 6.63. The van der Waals surface area contributed by atoms with Crippen molar-refractivity contribution in [2.75, 3.05) is 7.11 Å². The first-order valence-electron chi connectivity index (χ1n) is 3.84. The zero-order chi connectivity index (χ0) is 7.23. The smallest absolute Gasteiger partial charge is 0.114 e. The molecule has 0 unspecified atom stereocenters. The van der Waals surface area contributed by atoms with E-state index in [1.54, 1.807) is 7.11 Å². The van der Waals surface area contributed by atoms with E-state index >= 15 is 0 Å². The van der Waals surface area contributed by atoms with Gasteiger partial charge in [-0.25, -0.2) is 0 Å². The fraction of sp³-hybridized carbons (Fsp3) is 0.556. The molecule has 0 spiro atoms. The van der Waals surface area contributed by atoms with Gasteiger partial charge in [-0.15, -0.1) is 0 Å². The molecule has 65 valence electrons. The van der Waals surface area contributed by atoms with Gasteiger partial charge in [-0.05, 0) is 37.8 Å². The van der Waals surface area contributed by atoms with Crippen LogP contribution in [0.4, 0.5) is 0 Å². The molecule has 0 saturated heterocycles. The van der Waals surface area contributed by atoms with E-state index in [9.17, 15) is 0 Å². The maximum Gasteiger partial charge on any atom is 0.114 e. The van der Waals surface area contributed by atoms with Crippen molar-refractivity contribution in [1.29, 1.82) is 0 Å². The minimum Gasteiger partial charge on any atom is -0.497 e. The summed E-state index contributed by atoms with van der Waals surface area (Å²) < 4.78 is 5.10. The summed E-state index contributed by atoms with van der Waals surface area (Å²) >= 11 is 0. The third-order valence-corrected chi connectivity index (χ3v) is 1.69. The van der Waals surface area contributed by atoms with Crippen molar-refractivity contribution in [3.63, 3.8) is 0 Å². The van der Waals surface area contributed by atoms with Gasteiger partial charge in [0, 0.05) is 20.1 Å². The molecule has 2 heteroatoms. The molecule has 0 amide bonds. The summed E-state index contributed by atoms with van der Waals surface area (Å²) in [7, 11) is 1.72. The standard InChI is InChI=1S/C9H14O.Ir/c1-10-9-7-5-3-2-4-6-8-9;/h5,7-8H,2-4,6H2,1H3;. The average Bonchev–Trinajstić information content (AvgIpc) is 1.87.